The van der Waals surface area contributed by atoms with Gasteiger partial charge >= 0.3 is 0 Å². The highest BCUT2D eigenvalue weighted by Crippen LogP contribution is 2.24. The van der Waals surface area contributed by atoms with E-state index in [1.54, 1.807) is 4.57 Å². The van der Waals surface area contributed by atoms with Gasteiger partial charge in [-0.25, -0.2) is 4.98 Å². The lowest BCUT2D eigenvalue weighted by Crippen LogP contribution is -3.15. The zero-order valence-electron chi connectivity index (χ0n) is 17.4. The summed E-state index contributed by atoms with van der Waals surface area (Å²) in [6.07, 6.45) is -0.473. The van der Waals surface area contributed by atoms with Crippen LogP contribution in [0.5, 0.6) is 0 Å². The van der Waals surface area contributed by atoms with Gasteiger partial charge in [-0.3, -0.25) is 9.36 Å². The molecule has 2 aromatic carbocycles. The van der Waals surface area contributed by atoms with Crippen LogP contribution in [0.3, 0.4) is 0 Å². The Morgan fingerprint density at radius 1 is 1.20 bits per heavy atom. The third kappa shape index (κ3) is 4.59. The van der Waals surface area contributed by atoms with Crippen molar-refractivity contribution < 1.29 is 14.7 Å². The van der Waals surface area contributed by atoms with E-state index < -0.39 is 6.10 Å². The van der Waals surface area contributed by atoms with Gasteiger partial charge in [-0.15, -0.1) is 0 Å². The lowest BCUT2D eigenvalue weighted by Gasteiger charge is -2.25. The van der Waals surface area contributed by atoms with Gasteiger partial charge in [0.25, 0.3) is 5.56 Å². The highest BCUT2D eigenvalue weighted by molar-refractivity contribution is 7.99. The van der Waals surface area contributed by atoms with Crippen LogP contribution in [-0.4, -0.2) is 59.4 Å². The molecule has 0 unspecified atom stereocenters. The number of thioether (sulfide) groups is 1. The molecule has 1 aliphatic heterocycles. The first-order valence-electron chi connectivity index (χ1n) is 10.3. The number of aryl methyl sites for hydroxylation is 2. The minimum absolute atomic E-state index is 0.0802. The molecule has 158 valence electrons. The van der Waals surface area contributed by atoms with E-state index in [9.17, 15) is 9.90 Å². The quantitative estimate of drug-likeness (QED) is 0.460. The first-order valence-corrected chi connectivity index (χ1v) is 11.3. The molecule has 1 fully saturated rings. The molecule has 0 radical (unpaired) electrons. The van der Waals surface area contributed by atoms with E-state index in [0.717, 1.165) is 43.1 Å². The van der Waals surface area contributed by atoms with E-state index in [-0.39, 0.29) is 5.56 Å². The number of morpholine rings is 1. The summed E-state index contributed by atoms with van der Waals surface area (Å²) in [6.45, 7) is 8.05. The number of hydrogen-bond donors (Lipinski definition) is 2. The number of benzene rings is 2. The molecule has 2 heterocycles. The Bertz CT molecular complexity index is 1090. The van der Waals surface area contributed by atoms with Gasteiger partial charge in [0.05, 0.1) is 29.8 Å². The van der Waals surface area contributed by atoms with Gasteiger partial charge in [-0.2, -0.15) is 0 Å². The number of nitrogens with zero attached hydrogens (tertiary/aromatic N) is 2. The Morgan fingerprint density at radius 2 is 1.97 bits per heavy atom. The number of fused-ring (bicyclic) bond motifs is 1. The molecule has 0 amide bonds. The van der Waals surface area contributed by atoms with E-state index in [4.69, 9.17) is 9.72 Å². The Hall–Kier alpha value is -2.19. The second-order valence-electron chi connectivity index (χ2n) is 7.87. The molecule has 3 aromatic rings. The summed E-state index contributed by atoms with van der Waals surface area (Å²) >= 11 is 1.44. The summed E-state index contributed by atoms with van der Waals surface area (Å²) in [5, 5.41) is 11.8. The number of para-hydroxylation sites is 1. The summed E-state index contributed by atoms with van der Waals surface area (Å²) in [7, 11) is 0. The van der Waals surface area contributed by atoms with E-state index in [2.05, 4.69) is 6.07 Å². The van der Waals surface area contributed by atoms with Crippen LogP contribution in [0.4, 0.5) is 0 Å². The van der Waals surface area contributed by atoms with Crippen LogP contribution in [0, 0.1) is 13.8 Å². The molecule has 6 nitrogen and oxygen atoms in total. The molecule has 1 aromatic heterocycles. The average Bonchev–Trinajstić information content (AvgIpc) is 2.74. The van der Waals surface area contributed by atoms with Gasteiger partial charge in [0.15, 0.2) is 5.16 Å². The van der Waals surface area contributed by atoms with Gasteiger partial charge in [-0.05, 0) is 37.6 Å². The number of hydrogen-bond acceptors (Lipinski definition) is 5. The first-order chi connectivity index (χ1) is 14.5. The van der Waals surface area contributed by atoms with Crippen LogP contribution >= 0.6 is 11.8 Å². The Balaban J connectivity index is 1.66. The predicted octanol–water partition coefficient (Wildman–Crippen LogP) is 1.37. The fourth-order valence-corrected chi connectivity index (χ4v) is 4.84. The molecule has 0 saturated carbocycles. The summed E-state index contributed by atoms with van der Waals surface area (Å²) < 4.78 is 7.08. The van der Waals surface area contributed by atoms with Crippen LogP contribution in [0.1, 0.15) is 11.1 Å². The number of aliphatic hydroxyl groups is 1. The lowest BCUT2D eigenvalue weighted by atomic mass is 10.1. The van der Waals surface area contributed by atoms with Crippen molar-refractivity contribution in [2.24, 2.45) is 0 Å². The Morgan fingerprint density at radius 3 is 2.73 bits per heavy atom. The molecule has 0 spiro atoms. The molecule has 4 rings (SSSR count). The van der Waals surface area contributed by atoms with Crippen molar-refractivity contribution in [3.8, 4) is 5.69 Å². The van der Waals surface area contributed by atoms with Crippen LogP contribution in [0.25, 0.3) is 16.6 Å². The van der Waals surface area contributed by atoms with Crippen molar-refractivity contribution in [2.75, 3.05) is 38.6 Å². The molecule has 1 saturated heterocycles. The summed E-state index contributed by atoms with van der Waals surface area (Å²) in [4.78, 5) is 19.5. The molecular weight excluding hydrogens is 398 g/mol. The van der Waals surface area contributed by atoms with Crippen molar-refractivity contribution >= 4 is 22.7 Å². The second kappa shape index (κ2) is 9.31. The number of ether oxygens (including phenoxy) is 1. The smallest absolute Gasteiger partial charge is 0.266 e. The highest BCUT2D eigenvalue weighted by atomic mass is 32.2. The standard InChI is InChI=1S/C23H27N3O3S/c1-16-7-8-21(17(2)13-16)26-22(28)19-5-3-4-6-20(19)24-23(26)30-15-18(27)14-25-9-11-29-12-10-25/h3-8,13,18,27H,9-12,14-15H2,1-2H3/p+1/t18-/m1/s1. The topological polar surface area (TPSA) is 68.8 Å². The summed E-state index contributed by atoms with van der Waals surface area (Å²) in [5.74, 6) is 0.486. The van der Waals surface area contributed by atoms with Crippen LogP contribution < -0.4 is 10.5 Å². The molecular formula is C23H28N3O3S+. The van der Waals surface area contributed by atoms with E-state index >= 15 is 0 Å². The normalized spacial score (nSPS) is 16.1. The minimum atomic E-state index is -0.473. The summed E-state index contributed by atoms with van der Waals surface area (Å²) in [6, 6.07) is 13.5. The monoisotopic (exact) mass is 426 g/mol. The first kappa shape index (κ1) is 21.1. The van der Waals surface area contributed by atoms with Crippen molar-refractivity contribution in [1.82, 2.24) is 9.55 Å². The zero-order chi connectivity index (χ0) is 21.1. The molecule has 30 heavy (non-hydrogen) atoms. The predicted molar refractivity (Wildman–Crippen MR) is 120 cm³/mol. The third-order valence-corrected chi connectivity index (χ3v) is 6.55. The zero-order valence-corrected chi connectivity index (χ0v) is 18.2. The van der Waals surface area contributed by atoms with Gasteiger partial charge in [0.1, 0.15) is 25.7 Å². The van der Waals surface area contributed by atoms with Gasteiger partial charge in [-0.1, -0.05) is 41.6 Å². The molecule has 7 heteroatoms. The van der Waals surface area contributed by atoms with E-state index in [1.807, 2.05) is 50.2 Å². The second-order valence-corrected chi connectivity index (χ2v) is 8.86. The van der Waals surface area contributed by atoms with E-state index in [0.29, 0.717) is 28.4 Å². The van der Waals surface area contributed by atoms with Crippen molar-refractivity contribution in [2.45, 2.75) is 25.1 Å². The number of aliphatic hydroxyl groups excluding tert-OH is 1. The molecule has 1 aliphatic rings. The van der Waals surface area contributed by atoms with Crippen molar-refractivity contribution in [3.05, 3.63) is 63.9 Å². The maximum absolute atomic E-state index is 13.4. The minimum Gasteiger partial charge on any atom is -0.386 e. The van der Waals surface area contributed by atoms with Crippen molar-refractivity contribution in [1.29, 1.82) is 0 Å². The van der Waals surface area contributed by atoms with Gasteiger partial charge in [0, 0.05) is 5.75 Å². The SMILES string of the molecule is Cc1ccc(-n2c(SC[C@H](O)C[NH+]3CCOCC3)nc3ccccc3c2=O)c(C)c1. The van der Waals surface area contributed by atoms with Crippen LogP contribution in [0.2, 0.25) is 0 Å². The third-order valence-electron chi connectivity index (χ3n) is 5.47. The van der Waals surface area contributed by atoms with Crippen LogP contribution in [-0.2, 0) is 4.74 Å². The number of quaternary nitrogens is 1. The molecule has 1 atom stereocenters. The summed E-state index contributed by atoms with van der Waals surface area (Å²) in [5.41, 5.74) is 3.60. The molecule has 2 N–H and O–H groups in total. The lowest BCUT2D eigenvalue weighted by molar-refractivity contribution is -0.910. The van der Waals surface area contributed by atoms with Crippen molar-refractivity contribution in [3.63, 3.8) is 0 Å². The maximum Gasteiger partial charge on any atom is 0.266 e. The number of nitrogens with one attached hydrogen (secondary N) is 1. The Kier molecular flexibility index (Phi) is 6.53. The fourth-order valence-electron chi connectivity index (χ4n) is 3.90. The highest BCUT2D eigenvalue weighted by Gasteiger charge is 2.20. The largest absolute Gasteiger partial charge is 0.386 e. The van der Waals surface area contributed by atoms with Crippen LogP contribution in [0.15, 0.2) is 52.4 Å². The fraction of sp³-hybridized carbons (Fsp3) is 0.391. The average molecular weight is 427 g/mol. The Labute approximate surface area is 180 Å². The number of rotatable bonds is 6. The van der Waals surface area contributed by atoms with Gasteiger partial charge in [0.2, 0.25) is 0 Å². The maximum atomic E-state index is 13.4. The molecule has 0 aliphatic carbocycles. The van der Waals surface area contributed by atoms with Gasteiger partial charge < -0.3 is 14.7 Å². The van der Waals surface area contributed by atoms with E-state index in [1.165, 1.54) is 16.7 Å². The molecule has 0 bridgehead atoms. The number of aromatic nitrogens is 2.